The fraction of sp³-hybridized carbons (Fsp3) is 0.900. The van der Waals surface area contributed by atoms with Gasteiger partial charge < -0.3 is 20.6 Å². The summed E-state index contributed by atoms with van der Waals surface area (Å²) in [7, 11) is 0. The van der Waals surface area contributed by atoms with Gasteiger partial charge in [-0.3, -0.25) is 4.79 Å². The van der Waals surface area contributed by atoms with Crippen molar-refractivity contribution in [3.8, 4) is 0 Å². The van der Waals surface area contributed by atoms with Gasteiger partial charge in [-0.15, -0.1) is 0 Å². The summed E-state index contributed by atoms with van der Waals surface area (Å²) in [5.41, 5.74) is 0. The molecule has 0 bridgehead atoms. The smallest absolute Gasteiger partial charge is 0.222 e. The molecule has 0 radical (unpaired) electrons. The topological polar surface area (TPSA) is 89.8 Å². The van der Waals surface area contributed by atoms with Crippen LogP contribution < -0.4 is 5.32 Å². The molecular formula is C50H97NO4. The third-order valence-electron chi connectivity index (χ3n) is 11.5. The van der Waals surface area contributed by atoms with Gasteiger partial charge in [-0.05, 0) is 38.5 Å². The molecular weight excluding hydrogens is 679 g/mol. The van der Waals surface area contributed by atoms with E-state index in [1.807, 2.05) is 0 Å². The van der Waals surface area contributed by atoms with Crippen molar-refractivity contribution >= 4 is 5.91 Å². The highest BCUT2D eigenvalue weighted by Gasteiger charge is 2.21. The number of aliphatic hydroxyl groups is 3. The average Bonchev–Trinajstić information content (AvgIpc) is 3.18. The van der Waals surface area contributed by atoms with E-state index >= 15 is 0 Å². The van der Waals surface area contributed by atoms with Gasteiger partial charge >= 0.3 is 0 Å². The maximum atomic E-state index is 12.5. The molecule has 0 fully saturated rings. The van der Waals surface area contributed by atoms with Gasteiger partial charge in [-0.25, -0.2) is 0 Å². The Hall–Kier alpha value is -1.17. The minimum absolute atomic E-state index is 0.0376. The van der Waals surface area contributed by atoms with Gasteiger partial charge in [0.25, 0.3) is 0 Å². The Morgan fingerprint density at radius 2 is 0.836 bits per heavy atom. The molecule has 0 aliphatic rings. The number of hydrogen-bond acceptors (Lipinski definition) is 4. The molecule has 0 aromatic heterocycles. The van der Waals surface area contributed by atoms with Crippen LogP contribution in [0.15, 0.2) is 24.3 Å². The number of hydrogen-bond donors (Lipinski definition) is 4. The van der Waals surface area contributed by atoms with Crippen molar-refractivity contribution in [1.29, 1.82) is 0 Å². The molecule has 5 heteroatoms. The Labute approximate surface area is 343 Å². The lowest BCUT2D eigenvalue weighted by molar-refractivity contribution is -0.125. The van der Waals surface area contributed by atoms with E-state index in [0.29, 0.717) is 12.8 Å². The second-order valence-electron chi connectivity index (χ2n) is 17.0. The molecule has 5 nitrogen and oxygen atoms in total. The molecule has 0 spiro atoms. The molecule has 3 unspecified atom stereocenters. The second kappa shape index (κ2) is 45.5. The van der Waals surface area contributed by atoms with E-state index in [4.69, 9.17) is 0 Å². The van der Waals surface area contributed by atoms with E-state index in [1.165, 1.54) is 193 Å². The van der Waals surface area contributed by atoms with Crippen LogP contribution in [-0.2, 0) is 4.79 Å². The number of carbonyl (C=O) groups is 1. The van der Waals surface area contributed by atoms with Gasteiger partial charge in [0.2, 0.25) is 5.91 Å². The summed E-state index contributed by atoms with van der Waals surface area (Å²) in [6.45, 7) is 4.18. The van der Waals surface area contributed by atoms with E-state index in [0.717, 1.165) is 38.5 Å². The van der Waals surface area contributed by atoms with Crippen LogP contribution in [0.25, 0.3) is 0 Å². The third kappa shape index (κ3) is 42.3. The van der Waals surface area contributed by atoms with Crippen molar-refractivity contribution in [1.82, 2.24) is 5.32 Å². The molecule has 55 heavy (non-hydrogen) atoms. The van der Waals surface area contributed by atoms with E-state index in [-0.39, 0.29) is 18.9 Å². The highest BCUT2D eigenvalue weighted by Crippen LogP contribution is 2.17. The van der Waals surface area contributed by atoms with Gasteiger partial charge in [0, 0.05) is 0 Å². The number of nitrogens with one attached hydrogen (secondary N) is 1. The van der Waals surface area contributed by atoms with Crippen LogP contribution >= 0.6 is 0 Å². The highest BCUT2D eigenvalue weighted by molar-refractivity contribution is 5.76. The molecule has 0 rings (SSSR count). The molecule has 0 aromatic carbocycles. The van der Waals surface area contributed by atoms with Crippen LogP contribution in [0.2, 0.25) is 0 Å². The first-order chi connectivity index (χ1) is 27.0. The van der Waals surface area contributed by atoms with Crippen molar-refractivity contribution in [3.63, 3.8) is 0 Å². The van der Waals surface area contributed by atoms with Crippen molar-refractivity contribution in [3.05, 3.63) is 24.3 Å². The van der Waals surface area contributed by atoms with Crippen LogP contribution in [0.1, 0.15) is 264 Å². The number of carbonyl (C=O) groups excluding carboxylic acids is 1. The van der Waals surface area contributed by atoms with Crippen LogP contribution in [0, 0.1) is 0 Å². The quantitative estimate of drug-likeness (QED) is 0.0366. The Kier molecular flexibility index (Phi) is 44.6. The first-order valence-electron chi connectivity index (χ1n) is 24.6. The Balaban J connectivity index is 3.56. The predicted molar refractivity (Wildman–Crippen MR) is 241 cm³/mol. The Morgan fingerprint density at radius 3 is 1.24 bits per heavy atom. The Morgan fingerprint density at radius 1 is 0.473 bits per heavy atom. The molecule has 0 saturated carbocycles. The Bertz CT molecular complexity index is 814. The summed E-state index contributed by atoms with van der Waals surface area (Å²) in [4.78, 5) is 12.5. The summed E-state index contributed by atoms with van der Waals surface area (Å²) in [5.74, 6) is -0.281. The number of allylic oxidation sites excluding steroid dienone is 4. The van der Waals surface area contributed by atoms with Crippen LogP contribution in [0.4, 0.5) is 0 Å². The molecule has 1 amide bonds. The minimum Gasteiger partial charge on any atom is -0.394 e. The molecule has 4 N–H and O–H groups in total. The van der Waals surface area contributed by atoms with Gasteiger partial charge in [0.15, 0.2) is 0 Å². The normalized spacial score (nSPS) is 13.6. The number of amides is 1. The number of aliphatic hydroxyl groups excluding tert-OH is 3. The van der Waals surface area contributed by atoms with Crippen molar-refractivity contribution in [2.24, 2.45) is 0 Å². The summed E-state index contributed by atoms with van der Waals surface area (Å²) in [6.07, 6.45) is 55.9. The molecule has 0 heterocycles. The van der Waals surface area contributed by atoms with Gasteiger partial charge in [0.1, 0.15) is 0 Å². The fourth-order valence-electron chi connectivity index (χ4n) is 7.80. The van der Waals surface area contributed by atoms with E-state index in [1.54, 1.807) is 0 Å². The predicted octanol–water partition coefficient (Wildman–Crippen LogP) is 14.6. The monoisotopic (exact) mass is 776 g/mol. The SMILES string of the molecule is CC/C=C\C/C=C\CCCCCCCCCCCCCCC(O)CC(=O)NC(CO)C(O)CCCCCCCCCCCCCCCCCCCCCCC. The molecule has 326 valence electrons. The zero-order valence-corrected chi connectivity index (χ0v) is 37.1. The lowest BCUT2D eigenvalue weighted by atomic mass is 10.0. The lowest BCUT2D eigenvalue weighted by Gasteiger charge is -2.23. The molecule has 0 saturated heterocycles. The standard InChI is InChI=1S/C50H97NO4/c1-3-5-7-9-11-13-15-17-19-21-23-24-26-28-30-32-34-36-38-40-42-44-49(54)48(46-52)51-50(55)45-47(53)43-41-39-37-35-33-31-29-27-25-22-20-18-16-14-12-10-8-6-4-2/h6,8,12,14,47-49,52-54H,3-5,7,9-11,13,15-46H2,1-2H3,(H,51,55)/b8-6-,14-12-. The van der Waals surface area contributed by atoms with Gasteiger partial charge in [-0.2, -0.15) is 0 Å². The van der Waals surface area contributed by atoms with Crippen molar-refractivity contribution in [2.75, 3.05) is 6.61 Å². The van der Waals surface area contributed by atoms with E-state index in [2.05, 4.69) is 43.5 Å². The van der Waals surface area contributed by atoms with Crippen LogP contribution in [0.5, 0.6) is 0 Å². The maximum absolute atomic E-state index is 12.5. The van der Waals surface area contributed by atoms with Crippen LogP contribution in [-0.4, -0.2) is 46.1 Å². The molecule has 0 aliphatic heterocycles. The minimum atomic E-state index is -0.748. The van der Waals surface area contributed by atoms with E-state index < -0.39 is 18.2 Å². The van der Waals surface area contributed by atoms with Crippen molar-refractivity contribution < 1.29 is 20.1 Å². The third-order valence-corrected chi connectivity index (χ3v) is 11.5. The lowest BCUT2D eigenvalue weighted by Crippen LogP contribution is -2.46. The number of rotatable bonds is 45. The number of unbranched alkanes of at least 4 members (excludes halogenated alkanes) is 32. The molecule has 3 atom stereocenters. The summed E-state index contributed by atoms with van der Waals surface area (Å²) >= 11 is 0. The summed E-state index contributed by atoms with van der Waals surface area (Å²) < 4.78 is 0. The molecule has 0 aliphatic carbocycles. The van der Waals surface area contributed by atoms with Gasteiger partial charge in [-0.1, -0.05) is 244 Å². The van der Waals surface area contributed by atoms with Crippen molar-refractivity contribution in [2.45, 2.75) is 283 Å². The van der Waals surface area contributed by atoms with Gasteiger partial charge in [0.05, 0.1) is 31.3 Å². The first kappa shape index (κ1) is 53.8. The maximum Gasteiger partial charge on any atom is 0.222 e. The summed E-state index contributed by atoms with van der Waals surface area (Å²) in [5, 5.41) is 33.5. The first-order valence-corrected chi connectivity index (χ1v) is 24.6. The summed E-state index contributed by atoms with van der Waals surface area (Å²) in [6, 6.07) is -0.657. The van der Waals surface area contributed by atoms with Crippen LogP contribution in [0.3, 0.4) is 0 Å². The highest BCUT2D eigenvalue weighted by atomic mass is 16.3. The zero-order chi connectivity index (χ0) is 40.1. The zero-order valence-electron chi connectivity index (χ0n) is 37.1. The average molecular weight is 776 g/mol. The fourth-order valence-corrected chi connectivity index (χ4v) is 7.80. The second-order valence-corrected chi connectivity index (χ2v) is 17.0. The molecule has 0 aromatic rings. The van der Waals surface area contributed by atoms with E-state index in [9.17, 15) is 20.1 Å². The largest absolute Gasteiger partial charge is 0.394 e.